The number of amides is 1. The van der Waals surface area contributed by atoms with Crippen LogP contribution in [0.15, 0.2) is 23.7 Å². The van der Waals surface area contributed by atoms with Crippen LogP contribution < -0.4 is 16.0 Å². The minimum atomic E-state index is -4.72. The summed E-state index contributed by atoms with van der Waals surface area (Å²) in [6.07, 6.45) is -7.47. The fourth-order valence-corrected chi connectivity index (χ4v) is 3.64. The van der Waals surface area contributed by atoms with E-state index in [9.17, 15) is 31.1 Å². The molecule has 30 heavy (non-hydrogen) atoms. The summed E-state index contributed by atoms with van der Waals surface area (Å²) in [5.41, 5.74) is 5.87. The molecule has 1 atom stereocenters. The second-order valence-corrected chi connectivity index (χ2v) is 7.11. The summed E-state index contributed by atoms with van der Waals surface area (Å²) in [5.74, 6) is -5.40. The van der Waals surface area contributed by atoms with Gasteiger partial charge >= 0.3 is 12.4 Å². The highest BCUT2D eigenvalue weighted by Gasteiger charge is 2.48. The molecule has 0 spiro atoms. The lowest BCUT2D eigenvalue weighted by molar-refractivity contribution is -0.169. The third kappa shape index (κ3) is 4.49. The quantitative estimate of drug-likeness (QED) is 0.618. The molecule has 3 rings (SSSR count). The first-order chi connectivity index (χ1) is 13.9. The number of aromatic nitrogens is 2. The normalized spacial score (nSPS) is 23.4. The molecule has 0 aromatic carbocycles. The second kappa shape index (κ2) is 7.76. The van der Waals surface area contributed by atoms with Crippen LogP contribution in [0.25, 0.3) is 0 Å². The molecule has 2 aliphatic heterocycles. The second-order valence-electron chi connectivity index (χ2n) is 7.11. The molecule has 4 N–H and O–H groups in total. The third-order valence-electron chi connectivity index (χ3n) is 5.17. The summed E-state index contributed by atoms with van der Waals surface area (Å²) in [6, 6.07) is 0. The predicted octanol–water partition coefficient (Wildman–Crippen LogP) is 2.60. The van der Waals surface area contributed by atoms with Crippen LogP contribution in [0.4, 0.5) is 32.0 Å². The van der Waals surface area contributed by atoms with Crippen LogP contribution in [-0.2, 0) is 11.0 Å². The van der Waals surface area contributed by atoms with Gasteiger partial charge in [0.25, 0.3) is 0 Å². The minimum Gasteiger partial charge on any atom is -0.401 e. The number of carbonyl (C=O) groups excluding carboxylic acids is 1. The maximum atomic E-state index is 13.4. The monoisotopic (exact) mass is 436 g/mol. The van der Waals surface area contributed by atoms with E-state index in [-0.39, 0.29) is 5.70 Å². The fourth-order valence-electron chi connectivity index (χ4n) is 3.64. The van der Waals surface area contributed by atoms with E-state index in [0.717, 1.165) is 12.4 Å². The number of alkyl halides is 6. The number of hydrogen-bond donors (Lipinski definition) is 3. The number of allylic oxidation sites excluding steroid dienone is 1. The largest absolute Gasteiger partial charge is 0.451 e. The number of rotatable bonds is 2. The standard InChI is InChI=1S/C17H18F6N6O/c18-16(19,20)10-5-11(30)28-14(25)12(10)13(24)8-1-3-29(4-2-8)9-6-26-15(27-7-9)17(21,22)23/h6-8,10H,1-5,24H2,(H2,25,28,30). The number of piperidine rings is 2. The zero-order valence-electron chi connectivity index (χ0n) is 15.4. The number of carbonyl (C=O) groups is 1. The van der Waals surface area contributed by atoms with E-state index in [1.54, 1.807) is 4.90 Å². The molecule has 2 aliphatic rings. The van der Waals surface area contributed by atoms with Gasteiger partial charge < -0.3 is 16.0 Å². The molecular weight excluding hydrogens is 418 g/mol. The Morgan fingerprint density at radius 3 is 2.20 bits per heavy atom. The molecule has 0 radical (unpaired) electrons. The Bertz CT molecular complexity index is 855. The van der Waals surface area contributed by atoms with Crippen LogP contribution in [-0.4, -0.2) is 41.0 Å². The summed E-state index contributed by atoms with van der Waals surface area (Å²) in [5, 5.41) is 9.88. The molecule has 2 fully saturated rings. The van der Waals surface area contributed by atoms with Gasteiger partial charge in [0.2, 0.25) is 11.7 Å². The van der Waals surface area contributed by atoms with Gasteiger partial charge in [-0.1, -0.05) is 0 Å². The lowest BCUT2D eigenvalue weighted by atomic mass is 9.82. The van der Waals surface area contributed by atoms with Crippen molar-refractivity contribution in [2.75, 3.05) is 18.0 Å². The maximum Gasteiger partial charge on any atom is 0.451 e. The first-order valence-corrected chi connectivity index (χ1v) is 8.97. The molecule has 2 saturated heterocycles. The molecule has 0 bridgehead atoms. The maximum absolute atomic E-state index is 13.4. The van der Waals surface area contributed by atoms with E-state index in [4.69, 9.17) is 11.1 Å². The Kier molecular flexibility index (Phi) is 5.65. The van der Waals surface area contributed by atoms with Gasteiger partial charge in [0.05, 0.1) is 24.0 Å². The molecule has 0 aliphatic carbocycles. The number of hydrogen-bond acceptors (Lipinski definition) is 6. The van der Waals surface area contributed by atoms with E-state index in [0.29, 0.717) is 31.6 Å². The van der Waals surface area contributed by atoms with Gasteiger partial charge in [0, 0.05) is 36.7 Å². The van der Waals surface area contributed by atoms with Gasteiger partial charge in [-0.25, -0.2) is 9.97 Å². The highest BCUT2D eigenvalue weighted by molar-refractivity contribution is 6.09. The molecule has 3 heterocycles. The van der Waals surface area contributed by atoms with Crippen LogP contribution in [0.3, 0.4) is 0 Å². The summed E-state index contributed by atoms with van der Waals surface area (Å²) >= 11 is 0. The molecule has 13 heteroatoms. The van der Waals surface area contributed by atoms with Crippen LogP contribution >= 0.6 is 0 Å². The van der Waals surface area contributed by atoms with E-state index >= 15 is 0 Å². The average Bonchev–Trinajstić information content (AvgIpc) is 2.66. The zero-order chi connectivity index (χ0) is 22.3. The van der Waals surface area contributed by atoms with Gasteiger partial charge in [-0.3, -0.25) is 10.2 Å². The predicted molar refractivity (Wildman–Crippen MR) is 93.2 cm³/mol. The lowest BCUT2D eigenvalue weighted by Gasteiger charge is -2.36. The van der Waals surface area contributed by atoms with Crippen molar-refractivity contribution in [3.63, 3.8) is 0 Å². The number of amidine groups is 1. The molecule has 164 valence electrons. The molecule has 1 unspecified atom stereocenters. The summed E-state index contributed by atoms with van der Waals surface area (Å²) in [4.78, 5) is 19.8. The van der Waals surface area contributed by atoms with Crippen molar-refractivity contribution in [2.45, 2.75) is 31.6 Å². The third-order valence-corrected chi connectivity index (χ3v) is 5.17. The Morgan fingerprint density at radius 1 is 1.13 bits per heavy atom. The van der Waals surface area contributed by atoms with Crippen molar-refractivity contribution < 1.29 is 31.1 Å². The zero-order valence-corrected chi connectivity index (χ0v) is 15.4. The first-order valence-electron chi connectivity index (χ1n) is 8.97. The number of nitrogens with zero attached hydrogens (tertiary/aromatic N) is 3. The van der Waals surface area contributed by atoms with E-state index in [1.807, 2.05) is 0 Å². The van der Waals surface area contributed by atoms with Crippen molar-refractivity contribution >= 4 is 17.4 Å². The summed E-state index contributed by atoms with van der Waals surface area (Å²) in [6.45, 7) is 0.619. The molecule has 1 amide bonds. The lowest BCUT2D eigenvalue weighted by Crippen LogP contribution is -2.47. The van der Waals surface area contributed by atoms with Gasteiger partial charge in [0.1, 0.15) is 5.84 Å². The van der Waals surface area contributed by atoms with Crippen molar-refractivity contribution in [2.24, 2.45) is 17.6 Å². The summed E-state index contributed by atoms with van der Waals surface area (Å²) < 4.78 is 77.9. The highest BCUT2D eigenvalue weighted by atomic mass is 19.4. The Hall–Kier alpha value is -2.86. The van der Waals surface area contributed by atoms with Gasteiger partial charge in [0.15, 0.2) is 0 Å². The number of anilines is 1. The van der Waals surface area contributed by atoms with Crippen LogP contribution in [0.1, 0.15) is 25.1 Å². The van der Waals surface area contributed by atoms with Crippen molar-refractivity contribution in [1.29, 1.82) is 5.41 Å². The van der Waals surface area contributed by atoms with Crippen LogP contribution in [0.5, 0.6) is 0 Å². The van der Waals surface area contributed by atoms with E-state index in [1.165, 1.54) is 0 Å². The first kappa shape index (κ1) is 21.8. The van der Waals surface area contributed by atoms with Gasteiger partial charge in [-0.2, -0.15) is 26.3 Å². The molecule has 0 saturated carbocycles. The van der Waals surface area contributed by atoms with Gasteiger partial charge in [-0.15, -0.1) is 0 Å². The van der Waals surface area contributed by atoms with Gasteiger partial charge in [-0.05, 0) is 12.8 Å². The van der Waals surface area contributed by atoms with Crippen LogP contribution in [0.2, 0.25) is 0 Å². The highest BCUT2D eigenvalue weighted by Crippen LogP contribution is 2.39. The fraction of sp³-hybridized carbons (Fsp3) is 0.529. The Morgan fingerprint density at radius 2 is 1.70 bits per heavy atom. The SMILES string of the molecule is N=C1NC(=O)CC(C(F)(F)F)C1=C(N)C1CCN(c2cnc(C(F)(F)F)nc2)CC1. The van der Waals surface area contributed by atoms with Crippen LogP contribution in [0, 0.1) is 17.2 Å². The molecule has 1 aromatic heterocycles. The number of nitrogens with one attached hydrogen (secondary N) is 2. The smallest absolute Gasteiger partial charge is 0.401 e. The van der Waals surface area contributed by atoms with Crippen molar-refractivity contribution in [3.05, 3.63) is 29.5 Å². The Balaban J connectivity index is 1.74. The summed E-state index contributed by atoms with van der Waals surface area (Å²) in [7, 11) is 0. The molecule has 7 nitrogen and oxygen atoms in total. The average molecular weight is 436 g/mol. The van der Waals surface area contributed by atoms with Crippen molar-refractivity contribution in [1.82, 2.24) is 15.3 Å². The molecular formula is C17H18F6N6O. The number of halogens is 6. The Labute approximate surface area is 166 Å². The van der Waals surface area contributed by atoms with E-state index < -0.39 is 53.7 Å². The number of nitrogens with two attached hydrogens (primary N) is 1. The van der Waals surface area contributed by atoms with Crippen molar-refractivity contribution in [3.8, 4) is 0 Å². The molecule has 1 aromatic rings. The topological polar surface area (TPSA) is 108 Å². The van der Waals surface area contributed by atoms with E-state index in [2.05, 4.69) is 15.3 Å². The minimum absolute atomic E-state index is 0.0920.